The number of methoxy groups -OCH3 is 1. The molecule has 1 aromatic rings. The molecule has 0 unspecified atom stereocenters. The van der Waals surface area contributed by atoms with Gasteiger partial charge in [-0.05, 0) is 24.5 Å². The largest absolute Gasteiger partial charge is 0.496 e. The van der Waals surface area contributed by atoms with Gasteiger partial charge in [0.1, 0.15) is 11.4 Å². The average Bonchev–Trinajstić information content (AvgIpc) is 2.59. The molecule has 2 atom stereocenters. The van der Waals surface area contributed by atoms with Crippen LogP contribution in [-0.2, 0) is 0 Å². The Morgan fingerprint density at radius 1 is 1.41 bits per heavy atom. The van der Waals surface area contributed by atoms with Gasteiger partial charge in [-0.25, -0.2) is 0 Å². The molecule has 0 amide bonds. The van der Waals surface area contributed by atoms with Crippen molar-refractivity contribution >= 4 is 5.78 Å². The maximum atomic E-state index is 12.4. The van der Waals surface area contributed by atoms with E-state index in [0.717, 1.165) is 24.8 Å². The van der Waals surface area contributed by atoms with Crippen LogP contribution in [0.2, 0.25) is 0 Å². The maximum Gasteiger partial charge on any atom is 0.198 e. The number of ether oxygens (including phenoxy) is 1. The smallest absolute Gasteiger partial charge is 0.198 e. The molecule has 3 heteroatoms. The molecule has 0 aromatic heterocycles. The highest BCUT2D eigenvalue weighted by molar-refractivity contribution is 6.09. The highest BCUT2D eigenvalue weighted by Gasteiger charge is 2.53. The molecule has 0 aliphatic heterocycles. The molecule has 2 aliphatic carbocycles. The summed E-state index contributed by atoms with van der Waals surface area (Å²) < 4.78 is 5.25. The number of rotatable bonds is 1. The molecular weight excluding hydrogens is 216 g/mol. The monoisotopic (exact) mass is 232 g/mol. The lowest BCUT2D eigenvalue weighted by Crippen LogP contribution is -2.41. The van der Waals surface area contributed by atoms with Gasteiger partial charge in [-0.2, -0.15) is 0 Å². The number of ketones is 1. The fourth-order valence-electron chi connectivity index (χ4n) is 3.31. The molecule has 3 rings (SSSR count). The first kappa shape index (κ1) is 10.8. The maximum absolute atomic E-state index is 12.4. The molecule has 1 saturated carbocycles. The molecule has 0 radical (unpaired) electrons. The zero-order valence-corrected chi connectivity index (χ0v) is 9.90. The van der Waals surface area contributed by atoms with Gasteiger partial charge in [-0.3, -0.25) is 4.79 Å². The fraction of sp³-hybridized carbons (Fsp3) is 0.500. The average molecular weight is 232 g/mol. The van der Waals surface area contributed by atoms with Crippen molar-refractivity contribution in [2.45, 2.75) is 37.2 Å². The summed E-state index contributed by atoms with van der Waals surface area (Å²) in [5, 5.41) is 10.6. The number of benzene rings is 1. The van der Waals surface area contributed by atoms with Crippen molar-refractivity contribution in [3.8, 4) is 5.75 Å². The Morgan fingerprint density at radius 3 is 3.00 bits per heavy atom. The van der Waals surface area contributed by atoms with Crippen LogP contribution in [0.15, 0.2) is 18.2 Å². The van der Waals surface area contributed by atoms with Gasteiger partial charge in [0.2, 0.25) is 0 Å². The van der Waals surface area contributed by atoms with Crippen LogP contribution in [0, 0.1) is 0 Å². The minimum Gasteiger partial charge on any atom is -0.496 e. The van der Waals surface area contributed by atoms with Crippen LogP contribution in [0.25, 0.3) is 0 Å². The quantitative estimate of drug-likeness (QED) is 0.808. The van der Waals surface area contributed by atoms with Crippen LogP contribution in [-0.4, -0.2) is 23.6 Å². The minimum atomic E-state index is -1.17. The van der Waals surface area contributed by atoms with Crippen LogP contribution in [0.5, 0.6) is 5.75 Å². The Balaban J connectivity index is 2.19. The third kappa shape index (κ3) is 1.29. The van der Waals surface area contributed by atoms with Gasteiger partial charge in [-0.15, -0.1) is 0 Å². The first-order chi connectivity index (χ1) is 8.18. The highest BCUT2D eigenvalue weighted by atomic mass is 16.5. The standard InChI is InChI=1S/C14H16O3/c1-17-11-7-4-5-9-10-6-2-3-8-14(10,16)13(15)12(9)11/h4-5,7,10,16H,2-3,6,8H2,1H3/t10-,14-/m1/s1. The number of hydrogen-bond donors (Lipinski definition) is 1. The predicted molar refractivity (Wildman–Crippen MR) is 63.5 cm³/mol. The highest BCUT2D eigenvalue weighted by Crippen LogP contribution is 2.51. The van der Waals surface area contributed by atoms with Crippen molar-refractivity contribution in [1.29, 1.82) is 0 Å². The Bertz CT molecular complexity index is 480. The Labute approximate surface area is 100 Å². The summed E-state index contributed by atoms with van der Waals surface area (Å²) in [6.45, 7) is 0. The number of fused-ring (bicyclic) bond motifs is 3. The van der Waals surface area contributed by atoms with Gasteiger partial charge < -0.3 is 9.84 Å². The van der Waals surface area contributed by atoms with Crippen LogP contribution in [0.3, 0.4) is 0 Å². The second kappa shape index (κ2) is 3.57. The van der Waals surface area contributed by atoms with Crippen LogP contribution < -0.4 is 4.74 Å². The summed E-state index contributed by atoms with van der Waals surface area (Å²) in [7, 11) is 1.56. The third-order valence-corrected chi connectivity index (χ3v) is 4.15. The lowest BCUT2D eigenvalue weighted by atomic mass is 9.75. The summed E-state index contributed by atoms with van der Waals surface area (Å²) in [4.78, 5) is 12.4. The third-order valence-electron chi connectivity index (χ3n) is 4.15. The van der Waals surface area contributed by atoms with Crippen LogP contribution in [0.1, 0.15) is 47.5 Å². The Morgan fingerprint density at radius 2 is 2.24 bits per heavy atom. The van der Waals surface area contributed by atoms with E-state index < -0.39 is 5.60 Å². The zero-order chi connectivity index (χ0) is 12.0. The molecule has 90 valence electrons. The van der Waals surface area contributed by atoms with Gasteiger partial charge in [0, 0.05) is 5.92 Å². The molecule has 3 nitrogen and oxygen atoms in total. The van der Waals surface area contributed by atoms with E-state index in [1.165, 1.54) is 0 Å². The Kier molecular flexibility index (Phi) is 2.26. The van der Waals surface area contributed by atoms with Gasteiger partial charge in [-0.1, -0.05) is 25.0 Å². The van der Waals surface area contributed by atoms with E-state index in [1.54, 1.807) is 13.2 Å². The number of aliphatic hydroxyl groups is 1. The number of hydrogen-bond acceptors (Lipinski definition) is 3. The van der Waals surface area contributed by atoms with Crippen molar-refractivity contribution in [1.82, 2.24) is 0 Å². The second-order valence-corrected chi connectivity index (χ2v) is 4.98. The van der Waals surface area contributed by atoms with E-state index in [-0.39, 0.29) is 11.7 Å². The molecule has 0 saturated heterocycles. The van der Waals surface area contributed by atoms with Gasteiger partial charge in [0.15, 0.2) is 5.78 Å². The van der Waals surface area contributed by atoms with E-state index in [1.807, 2.05) is 12.1 Å². The zero-order valence-electron chi connectivity index (χ0n) is 9.90. The van der Waals surface area contributed by atoms with E-state index >= 15 is 0 Å². The number of carbonyl (C=O) groups excluding carboxylic acids is 1. The van der Waals surface area contributed by atoms with Gasteiger partial charge >= 0.3 is 0 Å². The Hall–Kier alpha value is -1.35. The molecule has 1 N–H and O–H groups in total. The molecule has 2 aliphatic rings. The molecule has 0 heterocycles. The molecule has 1 aromatic carbocycles. The van der Waals surface area contributed by atoms with Crippen molar-refractivity contribution in [2.24, 2.45) is 0 Å². The SMILES string of the molecule is COc1cccc2c1C(=O)[C@@]1(O)CCCC[C@H]21. The number of carbonyl (C=O) groups is 1. The lowest BCUT2D eigenvalue weighted by molar-refractivity contribution is 0.00488. The first-order valence-corrected chi connectivity index (χ1v) is 6.12. The predicted octanol–water partition coefficient (Wildman–Crippen LogP) is 2.28. The van der Waals surface area contributed by atoms with Crippen molar-refractivity contribution in [3.63, 3.8) is 0 Å². The summed E-state index contributed by atoms with van der Waals surface area (Å²) in [6, 6.07) is 5.63. The molecule has 17 heavy (non-hydrogen) atoms. The van der Waals surface area contributed by atoms with E-state index in [0.29, 0.717) is 17.7 Å². The van der Waals surface area contributed by atoms with E-state index in [2.05, 4.69) is 0 Å². The minimum absolute atomic E-state index is 0.0335. The summed E-state index contributed by atoms with van der Waals surface area (Å²) in [5.41, 5.74) is 0.399. The molecule has 0 spiro atoms. The van der Waals surface area contributed by atoms with Gasteiger partial charge in [0.05, 0.1) is 12.7 Å². The van der Waals surface area contributed by atoms with Crippen molar-refractivity contribution < 1.29 is 14.6 Å². The van der Waals surface area contributed by atoms with Crippen molar-refractivity contribution in [3.05, 3.63) is 29.3 Å². The topological polar surface area (TPSA) is 46.5 Å². The summed E-state index contributed by atoms with van der Waals surface area (Å²) in [5.74, 6) is 0.416. The van der Waals surface area contributed by atoms with E-state index in [4.69, 9.17) is 4.74 Å². The van der Waals surface area contributed by atoms with Crippen LogP contribution in [0.4, 0.5) is 0 Å². The normalized spacial score (nSPS) is 30.9. The van der Waals surface area contributed by atoms with Crippen molar-refractivity contribution in [2.75, 3.05) is 7.11 Å². The first-order valence-electron chi connectivity index (χ1n) is 6.12. The van der Waals surface area contributed by atoms with Crippen LogP contribution >= 0.6 is 0 Å². The second-order valence-electron chi connectivity index (χ2n) is 4.98. The summed E-state index contributed by atoms with van der Waals surface area (Å²) >= 11 is 0. The lowest BCUT2D eigenvalue weighted by Gasteiger charge is -2.33. The van der Waals surface area contributed by atoms with E-state index in [9.17, 15) is 9.90 Å². The van der Waals surface area contributed by atoms with Gasteiger partial charge in [0.25, 0.3) is 0 Å². The molecule has 1 fully saturated rings. The molecular formula is C14H16O3. The number of Topliss-reactive ketones (excluding diaryl/α,β-unsaturated/α-hetero) is 1. The summed E-state index contributed by atoms with van der Waals surface area (Å²) in [6.07, 6.45) is 3.47. The molecule has 0 bridgehead atoms. The fourth-order valence-corrected chi connectivity index (χ4v) is 3.31.